The molecule has 146 valence electrons. The minimum atomic E-state index is -0.902. The topological polar surface area (TPSA) is 37.3 Å². The molecule has 0 aromatic heterocycles. The second kappa shape index (κ2) is 7.43. The van der Waals surface area contributed by atoms with Crippen LogP contribution in [0.2, 0.25) is 0 Å². The number of allylic oxidation sites excluding steroid dienone is 3. The summed E-state index contributed by atoms with van der Waals surface area (Å²) >= 11 is 0. The van der Waals surface area contributed by atoms with Gasteiger partial charge in [0.25, 0.3) is 0 Å². The van der Waals surface area contributed by atoms with Gasteiger partial charge in [-0.25, -0.2) is 4.79 Å². The highest BCUT2D eigenvalue weighted by atomic mass is 16.4. The normalized spacial score (nSPS) is 18.1. The van der Waals surface area contributed by atoms with Crippen LogP contribution < -0.4 is 0 Å². The number of carbonyl (C=O) groups is 1. The summed E-state index contributed by atoms with van der Waals surface area (Å²) in [5.74, 6) is -0.902. The summed E-state index contributed by atoms with van der Waals surface area (Å²) in [4.78, 5) is 11.3. The van der Waals surface area contributed by atoms with E-state index in [0.717, 1.165) is 0 Å². The van der Waals surface area contributed by atoms with Gasteiger partial charge in [0.05, 0.1) is 5.56 Å². The maximum absolute atomic E-state index is 11.3. The summed E-state index contributed by atoms with van der Waals surface area (Å²) in [5, 5.41) is 9.31. The van der Waals surface area contributed by atoms with E-state index in [1.807, 2.05) is 24.3 Å². The fourth-order valence-corrected chi connectivity index (χ4v) is 4.06. The Labute approximate surface area is 168 Å². The molecule has 1 N–H and O–H groups in total. The fraction of sp³-hybridized carbons (Fsp3) is 0.346. The summed E-state index contributed by atoms with van der Waals surface area (Å²) in [7, 11) is 0. The van der Waals surface area contributed by atoms with E-state index in [9.17, 15) is 9.90 Å². The van der Waals surface area contributed by atoms with Gasteiger partial charge in [-0.05, 0) is 64.5 Å². The molecule has 2 nitrogen and oxygen atoms in total. The minimum absolute atomic E-state index is 0.192. The summed E-state index contributed by atoms with van der Waals surface area (Å²) in [5.41, 5.74) is 6.76. The number of carboxylic acids is 1. The van der Waals surface area contributed by atoms with Crippen molar-refractivity contribution in [3.63, 3.8) is 0 Å². The monoisotopic (exact) mass is 374 g/mol. The number of aromatic carboxylic acids is 1. The maximum Gasteiger partial charge on any atom is 0.336 e. The van der Waals surface area contributed by atoms with Gasteiger partial charge in [-0.3, -0.25) is 0 Å². The molecule has 1 aliphatic rings. The lowest BCUT2D eigenvalue weighted by Gasteiger charge is -2.42. The van der Waals surface area contributed by atoms with Gasteiger partial charge in [-0.15, -0.1) is 0 Å². The van der Waals surface area contributed by atoms with Gasteiger partial charge in [-0.1, -0.05) is 82.3 Å². The molecule has 0 amide bonds. The van der Waals surface area contributed by atoms with Gasteiger partial charge < -0.3 is 5.11 Å². The Balaban J connectivity index is 1.92. The molecule has 0 saturated carbocycles. The highest BCUT2D eigenvalue weighted by molar-refractivity contribution is 5.92. The molecule has 2 aromatic rings. The van der Waals surface area contributed by atoms with Gasteiger partial charge in [0.1, 0.15) is 0 Å². The average molecular weight is 375 g/mol. The minimum Gasteiger partial charge on any atom is -0.478 e. The summed E-state index contributed by atoms with van der Waals surface area (Å²) in [6.45, 7) is 11.5. The number of rotatable bonds is 4. The molecule has 0 saturated heterocycles. The van der Waals surface area contributed by atoms with Crippen molar-refractivity contribution in [2.75, 3.05) is 0 Å². The molecule has 0 unspecified atom stereocenters. The van der Waals surface area contributed by atoms with Gasteiger partial charge in [0, 0.05) is 0 Å². The first kappa shape index (κ1) is 20.1. The number of fused-ring (bicyclic) bond motifs is 1. The molecule has 1 aliphatic carbocycles. The number of hydrogen-bond acceptors (Lipinski definition) is 1. The fourth-order valence-electron chi connectivity index (χ4n) is 4.06. The highest BCUT2D eigenvalue weighted by Crippen LogP contribution is 2.46. The second-order valence-corrected chi connectivity index (χ2v) is 9.13. The van der Waals surface area contributed by atoms with Crippen LogP contribution in [0.3, 0.4) is 0 Å². The van der Waals surface area contributed by atoms with E-state index in [2.05, 4.69) is 58.9 Å². The molecule has 28 heavy (non-hydrogen) atoms. The third kappa shape index (κ3) is 3.96. The van der Waals surface area contributed by atoms with Crippen LogP contribution >= 0.6 is 0 Å². The predicted molar refractivity (Wildman–Crippen MR) is 118 cm³/mol. The second-order valence-electron chi connectivity index (χ2n) is 9.13. The highest BCUT2D eigenvalue weighted by Gasteiger charge is 2.36. The van der Waals surface area contributed by atoms with Crippen molar-refractivity contribution in [3.05, 3.63) is 82.4 Å². The lowest BCUT2D eigenvalue weighted by molar-refractivity contribution is 0.0696. The predicted octanol–water partition coefficient (Wildman–Crippen LogP) is 6.85. The number of carboxylic acid groups (broad SMARTS) is 1. The molecular formula is C26H30O2. The molecule has 2 heteroatoms. The first-order valence-electron chi connectivity index (χ1n) is 9.94. The van der Waals surface area contributed by atoms with Crippen LogP contribution in [-0.4, -0.2) is 11.1 Å². The quantitative estimate of drug-likeness (QED) is 0.594. The van der Waals surface area contributed by atoms with Crippen molar-refractivity contribution in [1.82, 2.24) is 0 Å². The van der Waals surface area contributed by atoms with E-state index < -0.39 is 5.97 Å². The number of hydrogen-bond donors (Lipinski definition) is 1. The average Bonchev–Trinajstić information content (AvgIpc) is 2.65. The van der Waals surface area contributed by atoms with E-state index in [1.54, 1.807) is 12.1 Å². The van der Waals surface area contributed by atoms with E-state index in [0.29, 0.717) is 11.1 Å². The Morgan fingerprint density at radius 2 is 1.61 bits per heavy atom. The summed E-state index contributed by atoms with van der Waals surface area (Å²) in [6, 6.07) is 13.9. The van der Waals surface area contributed by atoms with Gasteiger partial charge >= 0.3 is 5.97 Å². The number of benzene rings is 2. The van der Waals surface area contributed by atoms with Crippen molar-refractivity contribution in [3.8, 4) is 0 Å². The van der Waals surface area contributed by atoms with Crippen LogP contribution in [0.15, 0.2) is 54.6 Å². The van der Waals surface area contributed by atoms with Gasteiger partial charge in [0.2, 0.25) is 0 Å². The van der Waals surface area contributed by atoms with Gasteiger partial charge in [-0.2, -0.15) is 0 Å². The van der Waals surface area contributed by atoms with Gasteiger partial charge in [0.15, 0.2) is 0 Å². The molecule has 3 rings (SSSR count). The Bertz CT molecular complexity index is 958. The van der Waals surface area contributed by atoms with E-state index in [1.165, 1.54) is 35.1 Å². The van der Waals surface area contributed by atoms with Crippen LogP contribution in [-0.2, 0) is 10.8 Å². The molecule has 0 bridgehead atoms. The summed E-state index contributed by atoms with van der Waals surface area (Å²) in [6.07, 6.45) is 8.27. The Hall–Kier alpha value is -2.61. The van der Waals surface area contributed by atoms with Crippen LogP contribution in [0, 0.1) is 0 Å². The van der Waals surface area contributed by atoms with Crippen molar-refractivity contribution in [1.29, 1.82) is 0 Å². The molecule has 0 heterocycles. The van der Waals surface area contributed by atoms with Crippen molar-refractivity contribution in [2.45, 2.75) is 58.3 Å². The molecular weight excluding hydrogens is 344 g/mol. The Morgan fingerprint density at radius 1 is 0.964 bits per heavy atom. The lowest BCUT2D eigenvalue weighted by atomic mass is 9.63. The molecule has 0 spiro atoms. The standard InChI is InChI=1S/C26H30O2/c1-18(9-8-11-19-10-6-7-12-21(19)24(27)28)20-13-14-22-23(17-20)26(4,5)16-15-25(22,2)3/h6-14,17H,15-16H2,1-5H3,(H,27,28)/b11-8+,18-9+. The SMILES string of the molecule is C/C(=C\C=C\c1ccccc1C(=O)O)c1ccc2c(c1)C(C)(C)CCC2(C)C. The lowest BCUT2D eigenvalue weighted by Crippen LogP contribution is -2.33. The molecule has 0 aliphatic heterocycles. The van der Waals surface area contributed by atoms with Crippen LogP contribution in [0.5, 0.6) is 0 Å². The smallest absolute Gasteiger partial charge is 0.336 e. The Kier molecular flexibility index (Phi) is 5.34. The maximum atomic E-state index is 11.3. The Morgan fingerprint density at radius 3 is 2.29 bits per heavy atom. The molecule has 0 fully saturated rings. The van der Waals surface area contributed by atoms with Crippen molar-refractivity contribution in [2.24, 2.45) is 0 Å². The first-order valence-corrected chi connectivity index (χ1v) is 9.94. The third-order valence-corrected chi connectivity index (χ3v) is 6.12. The van der Waals surface area contributed by atoms with E-state index in [4.69, 9.17) is 0 Å². The largest absolute Gasteiger partial charge is 0.478 e. The third-order valence-electron chi connectivity index (χ3n) is 6.12. The van der Waals surface area contributed by atoms with Crippen LogP contribution in [0.4, 0.5) is 0 Å². The van der Waals surface area contributed by atoms with Crippen molar-refractivity contribution >= 4 is 17.6 Å². The van der Waals surface area contributed by atoms with Crippen LogP contribution in [0.1, 0.15) is 80.1 Å². The van der Waals surface area contributed by atoms with Crippen molar-refractivity contribution < 1.29 is 9.90 Å². The molecule has 0 atom stereocenters. The van der Waals surface area contributed by atoms with E-state index in [-0.39, 0.29) is 10.8 Å². The zero-order valence-electron chi connectivity index (χ0n) is 17.5. The zero-order chi connectivity index (χ0) is 20.5. The zero-order valence-corrected chi connectivity index (χ0v) is 17.5. The molecule has 2 aromatic carbocycles. The van der Waals surface area contributed by atoms with Crippen LogP contribution in [0.25, 0.3) is 11.6 Å². The summed E-state index contributed by atoms with van der Waals surface area (Å²) < 4.78 is 0. The van der Waals surface area contributed by atoms with E-state index >= 15 is 0 Å². The molecule has 0 radical (unpaired) electrons. The first-order chi connectivity index (χ1) is 13.1.